The number of anilines is 3. The summed E-state index contributed by atoms with van der Waals surface area (Å²) in [5, 5.41) is 7.66. The molecule has 0 saturated heterocycles. The smallest absolute Gasteiger partial charge is 0.404 e. The van der Waals surface area contributed by atoms with E-state index in [0.29, 0.717) is 16.0 Å². The number of carbonyl (C=O) groups is 2. The molecule has 0 aliphatic carbocycles. The van der Waals surface area contributed by atoms with Gasteiger partial charge in [0.1, 0.15) is 5.82 Å². The van der Waals surface area contributed by atoms with Crippen LogP contribution in [0.25, 0.3) is 11.1 Å². The summed E-state index contributed by atoms with van der Waals surface area (Å²) in [6.45, 7) is 5.42. The Kier molecular flexibility index (Phi) is 7.69. The van der Waals surface area contributed by atoms with E-state index in [4.69, 9.17) is 0 Å². The molecule has 0 aliphatic rings. The zero-order valence-corrected chi connectivity index (χ0v) is 20.5. The molecule has 0 fully saturated rings. The first kappa shape index (κ1) is 26.0. The van der Waals surface area contributed by atoms with Crippen LogP contribution < -0.4 is 20.7 Å². The molecule has 0 aliphatic heterocycles. The Balaban J connectivity index is 1.64. The van der Waals surface area contributed by atoms with E-state index in [0.717, 1.165) is 17.2 Å². The number of nitrogens with one attached hydrogen (secondary N) is 3. The minimum absolute atomic E-state index is 0.147. The van der Waals surface area contributed by atoms with Gasteiger partial charge < -0.3 is 20.7 Å². The summed E-state index contributed by atoms with van der Waals surface area (Å²) in [7, 11) is 0. The van der Waals surface area contributed by atoms with Crippen LogP contribution in [-0.4, -0.2) is 23.3 Å². The number of pyridine rings is 1. The van der Waals surface area contributed by atoms with Crippen LogP contribution in [0, 0.1) is 5.41 Å². The number of hydrogen-bond acceptors (Lipinski definition) is 4. The van der Waals surface area contributed by atoms with Crippen molar-refractivity contribution in [3.05, 3.63) is 65.3 Å². The van der Waals surface area contributed by atoms with Crippen molar-refractivity contribution in [1.82, 2.24) is 4.98 Å². The van der Waals surface area contributed by atoms with Gasteiger partial charge in [-0.15, -0.1) is 13.2 Å². The molecule has 2 aromatic carbocycles. The van der Waals surface area contributed by atoms with Crippen LogP contribution in [0.15, 0.2) is 65.3 Å². The molecule has 184 valence electrons. The Morgan fingerprint density at radius 2 is 1.54 bits per heavy atom. The number of amides is 3. The van der Waals surface area contributed by atoms with Gasteiger partial charge in [-0.2, -0.15) is 0 Å². The topological polar surface area (TPSA) is 92.4 Å². The van der Waals surface area contributed by atoms with E-state index in [1.54, 1.807) is 63.4 Å². The SMILES string of the molecule is CC(C)(C)C(=O)Nc1ccc(-c2ccc(NC(=O)Nc3ccc(Br)cc3OC(F)(F)F)cc2)cn1. The van der Waals surface area contributed by atoms with Crippen LogP contribution in [0.3, 0.4) is 0 Å². The lowest BCUT2D eigenvalue weighted by Gasteiger charge is -2.17. The van der Waals surface area contributed by atoms with E-state index in [1.165, 1.54) is 12.1 Å². The Labute approximate surface area is 208 Å². The van der Waals surface area contributed by atoms with E-state index in [2.05, 4.69) is 41.6 Å². The third-order valence-electron chi connectivity index (χ3n) is 4.58. The monoisotopic (exact) mass is 550 g/mol. The third-order valence-corrected chi connectivity index (χ3v) is 5.07. The van der Waals surface area contributed by atoms with Crippen LogP contribution in [0.1, 0.15) is 20.8 Å². The number of hydrogen-bond donors (Lipinski definition) is 3. The summed E-state index contributed by atoms with van der Waals surface area (Å²) in [5.41, 5.74) is 1.33. The number of benzene rings is 2. The van der Waals surface area contributed by atoms with Crippen molar-refractivity contribution >= 4 is 45.1 Å². The first-order chi connectivity index (χ1) is 16.3. The van der Waals surface area contributed by atoms with Gasteiger partial charge in [-0.3, -0.25) is 4.79 Å². The van der Waals surface area contributed by atoms with Crippen molar-refractivity contribution in [2.24, 2.45) is 5.41 Å². The standard InChI is InChI=1S/C24H22BrF3N4O3/c1-23(2,3)21(33)32-20-11-6-15(13-29-20)14-4-8-17(9-5-14)30-22(34)31-18-10-7-16(25)12-19(18)35-24(26,27)28/h4-13H,1-3H3,(H,29,32,33)(H2,30,31,34). The first-order valence-corrected chi connectivity index (χ1v) is 11.1. The van der Waals surface area contributed by atoms with Crippen LogP contribution >= 0.6 is 15.9 Å². The average Bonchev–Trinajstić information content (AvgIpc) is 2.75. The molecule has 1 aromatic heterocycles. The fourth-order valence-corrected chi connectivity index (χ4v) is 3.12. The van der Waals surface area contributed by atoms with E-state index in [-0.39, 0.29) is 11.6 Å². The van der Waals surface area contributed by atoms with E-state index in [1.807, 2.05) is 0 Å². The molecule has 0 radical (unpaired) electrons. The Morgan fingerprint density at radius 3 is 2.11 bits per heavy atom. The molecule has 0 saturated carbocycles. The molecule has 0 spiro atoms. The van der Waals surface area contributed by atoms with Crippen molar-refractivity contribution in [3.8, 4) is 16.9 Å². The highest BCUT2D eigenvalue weighted by Gasteiger charge is 2.32. The molecule has 0 bridgehead atoms. The minimum Gasteiger partial charge on any atom is -0.404 e. The van der Waals surface area contributed by atoms with Gasteiger partial charge in [-0.05, 0) is 48.0 Å². The largest absolute Gasteiger partial charge is 0.573 e. The highest BCUT2D eigenvalue weighted by atomic mass is 79.9. The lowest BCUT2D eigenvalue weighted by atomic mass is 9.96. The number of alkyl halides is 3. The van der Waals surface area contributed by atoms with Crippen molar-refractivity contribution in [1.29, 1.82) is 0 Å². The van der Waals surface area contributed by atoms with E-state index >= 15 is 0 Å². The highest BCUT2D eigenvalue weighted by Crippen LogP contribution is 2.33. The molecule has 0 atom stereocenters. The second-order valence-corrected chi connectivity index (χ2v) is 9.40. The van der Waals surface area contributed by atoms with Gasteiger partial charge in [0, 0.05) is 27.3 Å². The number of rotatable bonds is 5. The summed E-state index contributed by atoms with van der Waals surface area (Å²) >= 11 is 3.07. The number of ether oxygens (including phenoxy) is 1. The predicted octanol–water partition coefficient (Wildman–Crippen LogP) is 7.04. The van der Waals surface area contributed by atoms with Crippen LogP contribution in [0.4, 0.5) is 35.2 Å². The lowest BCUT2D eigenvalue weighted by molar-refractivity contribution is -0.274. The molecule has 35 heavy (non-hydrogen) atoms. The van der Waals surface area contributed by atoms with Gasteiger partial charge in [-0.1, -0.05) is 48.8 Å². The summed E-state index contributed by atoms with van der Waals surface area (Å²) in [4.78, 5) is 28.7. The van der Waals surface area contributed by atoms with E-state index < -0.39 is 23.6 Å². The Hall–Kier alpha value is -3.60. The maximum atomic E-state index is 12.7. The van der Waals surface area contributed by atoms with Crippen molar-refractivity contribution in [2.45, 2.75) is 27.1 Å². The van der Waals surface area contributed by atoms with Gasteiger partial charge in [0.25, 0.3) is 0 Å². The number of urea groups is 1. The molecule has 1 heterocycles. The zero-order chi connectivity index (χ0) is 25.8. The van der Waals surface area contributed by atoms with Gasteiger partial charge in [0.15, 0.2) is 5.75 Å². The Bertz CT molecular complexity index is 1210. The molecule has 7 nitrogen and oxygen atoms in total. The quantitative estimate of drug-likeness (QED) is 0.317. The van der Waals surface area contributed by atoms with Crippen LogP contribution in [0.5, 0.6) is 5.75 Å². The summed E-state index contributed by atoms with van der Waals surface area (Å²) in [5.74, 6) is -0.260. The Morgan fingerprint density at radius 1 is 0.886 bits per heavy atom. The summed E-state index contributed by atoms with van der Waals surface area (Å²) < 4.78 is 42.3. The minimum atomic E-state index is -4.91. The van der Waals surface area contributed by atoms with Crippen LogP contribution in [0.2, 0.25) is 0 Å². The fourth-order valence-electron chi connectivity index (χ4n) is 2.78. The molecule has 3 rings (SSSR count). The van der Waals surface area contributed by atoms with Gasteiger partial charge >= 0.3 is 12.4 Å². The second-order valence-electron chi connectivity index (χ2n) is 8.48. The predicted molar refractivity (Wildman–Crippen MR) is 131 cm³/mol. The summed E-state index contributed by atoms with van der Waals surface area (Å²) in [6, 6.07) is 13.4. The first-order valence-electron chi connectivity index (χ1n) is 10.3. The number of aromatic nitrogens is 1. The van der Waals surface area contributed by atoms with Crippen LogP contribution in [-0.2, 0) is 4.79 Å². The molecular weight excluding hydrogens is 529 g/mol. The average molecular weight is 551 g/mol. The van der Waals surface area contributed by atoms with Crippen molar-refractivity contribution in [3.63, 3.8) is 0 Å². The maximum absolute atomic E-state index is 12.7. The van der Waals surface area contributed by atoms with Crippen molar-refractivity contribution < 1.29 is 27.5 Å². The van der Waals surface area contributed by atoms with E-state index in [9.17, 15) is 22.8 Å². The number of carbonyl (C=O) groups excluding carboxylic acids is 2. The zero-order valence-electron chi connectivity index (χ0n) is 19.0. The van der Waals surface area contributed by atoms with Crippen molar-refractivity contribution in [2.75, 3.05) is 16.0 Å². The molecule has 11 heteroatoms. The molecule has 3 N–H and O–H groups in total. The van der Waals surface area contributed by atoms with Gasteiger partial charge in [-0.25, -0.2) is 9.78 Å². The lowest BCUT2D eigenvalue weighted by Crippen LogP contribution is -2.27. The molecule has 0 unspecified atom stereocenters. The van der Waals surface area contributed by atoms with Gasteiger partial charge in [0.2, 0.25) is 5.91 Å². The normalized spacial score (nSPS) is 11.5. The molecule has 3 aromatic rings. The number of halogens is 4. The number of nitrogens with zero attached hydrogens (tertiary/aromatic N) is 1. The highest BCUT2D eigenvalue weighted by molar-refractivity contribution is 9.10. The molecular formula is C24H22BrF3N4O3. The third kappa shape index (κ3) is 7.71. The van der Waals surface area contributed by atoms with Gasteiger partial charge in [0.05, 0.1) is 5.69 Å². The molecule has 3 amide bonds. The maximum Gasteiger partial charge on any atom is 0.573 e. The summed E-state index contributed by atoms with van der Waals surface area (Å²) in [6.07, 6.45) is -3.29. The second kappa shape index (κ2) is 10.3. The fraction of sp³-hybridized carbons (Fsp3) is 0.208.